The molecule has 7 nitrogen and oxygen atoms in total. The molecule has 1 radical (unpaired) electrons. The highest BCUT2D eigenvalue weighted by atomic mass is 15.4. The van der Waals surface area contributed by atoms with Crippen molar-refractivity contribution in [3.05, 3.63) is 60.4 Å². The summed E-state index contributed by atoms with van der Waals surface area (Å²) >= 11 is 0. The van der Waals surface area contributed by atoms with Crippen LogP contribution in [-0.4, -0.2) is 36.7 Å². The van der Waals surface area contributed by atoms with Crippen LogP contribution in [0.25, 0.3) is 0 Å². The predicted molar refractivity (Wildman–Crippen MR) is 102 cm³/mol. The fourth-order valence-electron chi connectivity index (χ4n) is 2.89. The summed E-state index contributed by atoms with van der Waals surface area (Å²) in [4.78, 5) is 10.8. The van der Waals surface area contributed by atoms with Gasteiger partial charge < -0.3 is 9.80 Å². The van der Waals surface area contributed by atoms with Crippen LogP contribution in [0, 0.1) is 6.92 Å². The largest absolute Gasteiger partial charge is 0.378 e. The van der Waals surface area contributed by atoms with Crippen LogP contribution in [0.5, 0.6) is 0 Å². The molecule has 7 heteroatoms. The monoisotopic (exact) mass is 335 g/mol. The maximum Gasteiger partial charge on any atom is 0.284 e. The Morgan fingerprint density at radius 1 is 1.24 bits per heavy atom. The Morgan fingerprint density at radius 3 is 2.72 bits per heavy atom. The van der Waals surface area contributed by atoms with E-state index in [-0.39, 0.29) is 0 Å². The van der Waals surface area contributed by atoms with Gasteiger partial charge >= 0.3 is 0 Å². The van der Waals surface area contributed by atoms with Crippen molar-refractivity contribution in [1.29, 1.82) is 0 Å². The van der Waals surface area contributed by atoms with Crippen LogP contribution < -0.4 is 20.0 Å². The van der Waals surface area contributed by atoms with Crippen LogP contribution >= 0.6 is 0 Å². The third-order valence-electron chi connectivity index (χ3n) is 4.23. The Bertz CT molecular complexity index is 858. The first-order valence-electron chi connectivity index (χ1n) is 8.17. The molecule has 2 N–H and O–H groups in total. The van der Waals surface area contributed by atoms with Crippen LogP contribution in [0.4, 0.5) is 17.2 Å². The van der Waals surface area contributed by atoms with Gasteiger partial charge in [-0.2, -0.15) is 10.1 Å². The summed E-state index contributed by atoms with van der Waals surface area (Å²) in [6.45, 7) is 2.70. The fourth-order valence-corrected chi connectivity index (χ4v) is 2.89. The van der Waals surface area contributed by atoms with E-state index in [1.807, 2.05) is 39.5 Å². The van der Waals surface area contributed by atoms with Crippen LogP contribution in [0.1, 0.15) is 5.69 Å². The molecule has 1 aromatic carbocycles. The topological polar surface area (TPSA) is 65.4 Å². The molecular formula is C18H21N7+. The van der Waals surface area contributed by atoms with Gasteiger partial charge in [-0.1, -0.05) is 0 Å². The highest BCUT2D eigenvalue weighted by molar-refractivity contribution is 5.96. The van der Waals surface area contributed by atoms with Crippen molar-refractivity contribution in [3.63, 3.8) is 0 Å². The van der Waals surface area contributed by atoms with Gasteiger partial charge in [-0.15, -0.1) is 0 Å². The molecular weight excluding hydrogens is 314 g/mol. The van der Waals surface area contributed by atoms with Crippen LogP contribution in [-0.2, 0) is 0 Å². The average Bonchev–Trinajstić information content (AvgIpc) is 3.23. The molecule has 0 amide bonds. The lowest BCUT2D eigenvalue weighted by atomic mass is 10.2. The van der Waals surface area contributed by atoms with Crippen LogP contribution in [0.2, 0.25) is 0 Å². The van der Waals surface area contributed by atoms with Gasteiger partial charge in [0.1, 0.15) is 6.54 Å². The standard InChI is InChI=1S/C18H21N7/c1-13-10-16(22-21-13)20-18-12-24(11-17-19-8-9-25(17)18)15-6-4-14(5-7-15)23(2)3/h4-10,12H,11H2,1-3H3,(H2,20,21,22)/q+1. The summed E-state index contributed by atoms with van der Waals surface area (Å²) in [5, 5.41) is 10.6. The zero-order valence-corrected chi connectivity index (χ0v) is 14.6. The van der Waals surface area contributed by atoms with E-state index in [2.05, 4.69) is 65.7 Å². The van der Waals surface area contributed by atoms with E-state index in [0.29, 0.717) is 0 Å². The normalized spacial score (nSPS) is 16.5. The third kappa shape index (κ3) is 3.01. The molecule has 1 aromatic heterocycles. The first kappa shape index (κ1) is 15.5. The molecule has 0 bridgehead atoms. The van der Waals surface area contributed by atoms with Gasteiger partial charge in [-0.05, 0) is 36.1 Å². The molecule has 2 aliphatic rings. The summed E-state index contributed by atoms with van der Waals surface area (Å²) in [5.74, 6) is 2.68. The van der Waals surface area contributed by atoms with Crippen LogP contribution in [0.15, 0.2) is 59.7 Å². The van der Waals surface area contributed by atoms with E-state index >= 15 is 0 Å². The second kappa shape index (κ2) is 6.10. The van der Waals surface area contributed by atoms with Gasteiger partial charge in [0.25, 0.3) is 11.7 Å². The molecule has 0 atom stereocenters. The number of nitrogens with one attached hydrogen (secondary N) is 2. The number of aromatic amines is 1. The summed E-state index contributed by atoms with van der Waals surface area (Å²) in [5.41, 5.74) is 3.31. The van der Waals surface area contributed by atoms with Crippen molar-refractivity contribution >= 4 is 23.0 Å². The van der Waals surface area contributed by atoms with Crippen molar-refractivity contribution in [3.8, 4) is 0 Å². The van der Waals surface area contributed by atoms with Crippen molar-refractivity contribution in [2.24, 2.45) is 4.99 Å². The number of hydrogen-bond donors (Lipinski definition) is 2. The summed E-state index contributed by atoms with van der Waals surface area (Å²) in [7, 11) is 4.08. The average molecular weight is 335 g/mol. The van der Waals surface area contributed by atoms with Crippen molar-refractivity contribution in [1.82, 2.24) is 15.1 Å². The van der Waals surface area contributed by atoms with Crippen molar-refractivity contribution in [2.75, 3.05) is 35.8 Å². The Kier molecular flexibility index (Phi) is 3.77. The zero-order valence-electron chi connectivity index (χ0n) is 14.6. The Hall–Kier alpha value is -3.06. The molecule has 2 aromatic rings. The molecule has 3 heterocycles. The number of H-pyrrole nitrogens is 1. The predicted octanol–water partition coefficient (Wildman–Crippen LogP) is 2.54. The van der Waals surface area contributed by atoms with Gasteiger partial charge in [-0.3, -0.25) is 10.4 Å². The summed E-state index contributed by atoms with van der Waals surface area (Å²) < 4.78 is 0. The number of amidine groups is 1. The van der Waals surface area contributed by atoms with E-state index in [1.165, 1.54) is 5.69 Å². The van der Waals surface area contributed by atoms with Gasteiger partial charge in [0.15, 0.2) is 12.0 Å². The van der Waals surface area contributed by atoms with Gasteiger partial charge in [0.05, 0.1) is 12.4 Å². The zero-order chi connectivity index (χ0) is 17.4. The first-order valence-corrected chi connectivity index (χ1v) is 8.17. The second-order valence-corrected chi connectivity index (χ2v) is 6.33. The number of rotatable bonds is 4. The Labute approximate surface area is 147 Å². The van der Waals surface area contributed by atoms with Crippen molar-refractivity contribution in [2.45, 2.75) is 6.92 Å². The Morgan fingerprint density at radius 2 is 2.04 bits per heavy atom. The van der Waals surface area contributed by atoms with Gasteiger partial charge in [-0.25, -0.2) is 0 Å². The number of aryl methyl sites for hydroxylation is 1. The van der Waals surface area contributed by atoms with E-state index in [0.717, 1.165) is 35.4 Å². The number of aromatic nitrogens is 2. The lowest BCUT2D eigenvalue weighted by molar-refractivity contribution is 0.814. The lowest BCUT2D eigenvalue weighted by Gasteiger charge is -2.25. The molecule has 4 rings (SSSR count). The minimum Gasteiger partial charge on any atom is -0.378 e. The SMILES string of the molecule is Cc1cc(NC2=CN(c3ccc(N(C)C)cc3)CC3=NC=C[N+]23)n[nH]1. The van der Waals surface area contributed by atoms with E-state index in [9.17, 15) is 0 Å². The number of anilines is 3. The molecule has 0 saturated carbocycles. The van der Waals surface area contributed by atoms with Crippen molar-refractivity contribution < 1.29 is 0 Å². The molecule has 0 spiro atoms. The van der Waals surface area contributed by atoms with E-state index in [1.54, 1.807) is 0 Å². The molecule has 127 valence electrons. The van der Waals surface area contributed by atoms with E-state index in [4.69, 9.17) is 0 Å². The number of aliphatic imine (C=N–C) groups is 1. The first-order chi connectivity index (χ1) is 12.1. The molecule has 25 heavy (non-hydrogen) atoms. The van der Waals surface area contributed by atoms with E-state index < -0.39 is 0 Å². The smallest absolute Gasteiger partial charge is 0.284 e. The highest BCUT2D eigenvalue weighted by Crippen LogP contribution is 2.25. The van der Waals surface area contributed by atoms with Gasteiger partial charge in [0.2, 0.25) is 0 Å². The number of fused-ring (bicyclic) bond motifs is 1. The molecule has 0 unspecified atom stereocenters. The third-order valence-corrected chi connectivity index (χ3v) is 4.23. The maximum atomic E-state index is 4.48. The number of hydrogen-bond acceptors (Lipinski definition) is 6. The maximum absolute atomic E-state index is 4.48. The quantitative estimate of drug-likeness (QED) is 0.843. The molecule has 0 fully saturated rings. The summed E-state index contributed by atoms with van der Waals surface area (Å²) in [6, 6.07) is 10.5. The van der Waals surface area contributed by atoms with Gasteiger partial charge in [0, 0.05) is 37.2 Å². The number of nitrogens with zero attached hydrogens (tertiary/aromatic N) is 5. The second-order valence-electron chi connectivity index (χ2n) is 6.33. The minimum atomic E-state index is 0.721. The minimum absolute atomic E-state index is 0.721. The summed E-state index contributed by atoms with van der Waals surface area (Å²) in [6.07, 6.45) is 5.86. The number of benzene rings is 1. The van der Waals surface area contributed by atoms with Crippen LogP contribution in [0.3, 0.4) is 0 Å². The Balaban J connectivity index is 1.63. The lowest BCUT2D eigenvalue weighted by Crippen LogP contribution is -2.45. The highest BCUT2D eigenvalue weighted by Gasteiger charge is 2.37. The molecule has 0 saturated heterocycles. The molecule has 2 aliphatic heterocycles. The molecule has 0 aliphatic carbocycles. The fraction of sp³-hybridized carbons (Fsp3) is 0.222.